The van der Waals surface area contributed by atoms with Gasteiger partial charge in [0.2, 0.25) is 11.8 Å². The van der Waals surface area contributed by atoms with Crippen LogP contribution in [0.4, 0.5) is 15.8 Å². The Bertz CT molecular complexity index is 870. The van der Waals surface area contributed by atoms with Crippen molar-refractivity contribution in [2.75, 3.05) is 44.0 Å². The first-order valence-electron chi connectivity index (χ1n) is 9.43. The van der Waals surface area contributed by atoms with E-state index in [0.29, 0.717) is 24.4 Å². The minimum absolute atomic E-state index is 0.0148. The average Bonchev–Trinajstić information content (AvgIpc) is 2.66. The van der Waals surface area contributed by atoms with Crippen molar-refractivity contribution in [3.05, 3.63) is 58.9 Å². The van der Waals surface area contributed by atoms with Crippen molar-refractivity contribution in [3.8, 4) is 0 Å². The van der Waals surface area contributed by atoms with E-state index in [-0.39, 0.29) is 30.7 Å². The van der Waals surface area contributed by atoms with Gasteiger partial charge in [0.1, 0.15) is 5.82 Å². The van der Waals surface area contributed by atoms with Crippen molar-refractivity contribution in [3.63, 3.8) is 0 Å². The van der Waals surface area contributed by atoms with Crippen molar-refractivity contribution in [2.24, 2.45) is 0 Å². The molecule has 0 heterocycles. The second-order valence-electron chi connectivity index (χ2n) is 7.01. The van der Waals surface area contributed by atoms with Gasteiger partial charge in [0, 0.05) is 25.0 Å². The number of ether oxygens (including phenoxy) is 1. The molecule has 29 heavy (non-hydrogen) atoms. The fourth-order valence-corrected chi connectivity index (χ4v) is 2.79. The highest BCUT2D eigenvalue weighted by Gasteiger charge is 2.16. The third-order valence-corrected chi connectivity index (χ3v) is 4.68. The molecule has 0 aliphatic rings. The van der Waals surface area contributed by atoms with Crippen molar-refractivity contribution in [1.29, 1.82) is 0 Å². The Morgan fingerprint density at radius 1 is 1.00 bits per heavy atom. The van der Waals surface area contributed by atoms with Gasteiger partial charge in [-0.25, -0.2) is 4.39 Å². The standard InChI is InChI=1S/C22H28FN3O3/c1-15-6-5-7-20(17(15)3)25-22(28)14-26(10-11-29-4)13-21(27)24-18-9-8-16(2)19(23)12-18/h5-9,12H,10-11,13-14H2,1-4H3,(H,24,27)(H,25,28). The molecule has 6 nitrogen and oxygen atoms in total. The first-order valence-corrected chi connectivity index (χ1v) is 9.43. The molecule has 0 bridgehead atoms. The van der Waals surface area contributed by atoms with E-state index < -0.39 is 0 Å². The third kappa shape index (κ3) is 6.96. The molecule has 0 atom stereocenters. The number of aryl methyl sites for hydroxylation is 2. The SMILES string of the molecule is COCCN(CC(=O)Nc1ccc(C)c(F)c1)CC(=O)Nc1cccc(C)c1C. The summed E-state index contributed by atoms with van der Waals surface area (Å²) in [5, 5.41) is 5.56. The quantitative estimate of drug-likeness (QED) is 0.677. The Morgan fingerprint density at radius 3 is 2.34 bits per heavy atom. The number of hydrogen-bond acceptors (Lipinski definition) is 4. The molecular weight excluding hydrogens is 373 g/mol. The van der Waals surface area contributed by atoms with Gasteiger partial charge in [-0.3, -0.25) is 14.5 Å². The van der Waals surface area contributed by atoms with Gasteiger partial charge < -0.3 is 15.4 Å². The fourth-order valence-electron chi connectivity index (χ4n) is 2.79. The lowest BCUT2D eigenvalue weighted by molar-refractivity contribution is -0.120. The molecule has 0 aromatic heterocycles. The summed E-state index contributed by atoms with van der Waals surface area (Å²) in [6.07, 6.45) is 0. The molecule has 0 fully saturated rings. The molecule has 156 valence electrons. The second kappa shape index (κ2) is 10.7. The van der Waals surface area contributed by atoms with E-state index >= 15 is 0 Å². The van der Waals surface area contributed by atoms with E-state index in [2.05, 4.69) is 10.6 Å². The highest BCUT2D eigenvalue weighted by atomic mass is 19.1. The van der Waals surface area contributed by atoms with Gasteiger partial charge in [-0.15, -0.1) is 0 Å². The van der Waals surface area contributed by atoms with E-state index in [9.17, 15) is 14.0 Å². The zero-order chi connectivity index (χ0) is 21.4. The lowest BCUT2D eigenvalue weighted by Crippen LogP contribution is -2.40. The zero-order valence-corrected chi connectivity index (χ0v) is 17.3. The van der Waals surface area contributed by atoms with Gasteiger partial charge in [-0.2, -0.15) is 0 Å². The van der Waals surface area contributed by atoms with Gasteiger partial charge in [0.25, 0.3) is 0 Å². The van der Waals surface area contributed by atoms with Crippen LogP contribution in [-0.2, 0) is 14.3 Å². The van der Waals surface area contributed by atoms with Crippen molar-refractivity contribution in [1.82, 2.24) is 4.90 Å². The summed E-state index contributed by atoms with van der Waals surface area (Å²) in [6.45, 7) is 6.39. The Kier molecular flexibility index (Phi) is 8.30. The summed E-state index contributed by atoms with van der Waals surface area (Å²) >= 11 is 0. The number of rotatable bonds is 9. The lowest BCUT2D eigenvalue weighted by Gasteiger charge is -2.21. The summed E-state index contributed by atoms with van der Waals surface area (Å²) < 4.78 is 18.7. The average molecular weight is 401 g/mol. The summed E-state index contributed by atoms with van der Waals surface area (Å²) in [7, 11) is 1.56. The molecule has 0 spiro atoms. The molecule has 0 saturated heterocycles. The predicted molar refractivity (Wildman–Crippen MR) is 113 cm³/mol. The van der Waals surface area contributed by atoms with E-state index in [1.807, 2.05) is 32.0 Å². The molecule has 0 radical (unpaired) electrons. The van der Waals surface area contributed by atoms with Gasteiger partial charge >= 0.3 is 0 Å². The van der Waals surface area contributed by atoms with Crippen molar-refractivity contribution < 1.29 is 18.7 Å². The minimum Gasteiger partial charge on any atom is -0.383 e. The number of carbonyl (C=O) groups is 2. The van der Waals surface area contributed by atoms with E-state index in [4.69, 9.17) is 4.74 Å². The van der Waals surface area contributed by atoms with Crippen LogP contribution in [-0.4, -0.2) is 50.1 Å². The fraction of sp³-hybridized carbons (Fsp3) is 0.364. The van der Waals surface area contributed by atoms with Gasteiger partial charge in [-0.1, -0.05) is 18.2 Å². The Labute approximate surface area is 171 Å². The van der Waals surface area contributed by atoms with Crippen LogP contribution in [0.1, 0.15) is 16.7 Å². The van der Waals surface area contributed by atoms with Gasteiger partial charge in [0.05, 0.1) is 19.7 Å². The van der Waals surface area contributed by atoms with Crippen LogP contribution in [0, 0.1) is 26.6 Å². The zero-order valence-electron chi connectivity index (χ0n) is 17.3. The number of carbonyl (C=O) groups excluding carboxylic acids is 2. The number of benzene rings is 2. The summed E-state index contributed by atoms with van der Waals surface area (Å²) in [6, 6.07) is 10.2. The van der Waals surface area contributed by atoms with Gasteiger partial charge in [0.15, 0.2) is 0 Å². The van der Waals surface area contributed by atoms with Gasteiger partial charge in [-0.05, 0) is 55.7 Å². The maximum absolute atomic E-state index is 13.7. The lowest BCUT2D eigenvalue weighted by atomic mass is 10.1. The highest BCUT2D eigenvalue weighted by molar-refractivity contribution is 5.95. The molecule has 2 N–H and O–H groups in total. The first-order chi connectivity index (χ1) is 13.8. The molecule has 0 saturated carbocycles. The van der Waals surface area contributed by atoms with Crippen LogP contribution in [0.2, 0.25) is 0 Å². The number of anilines is 2. The maximum atomic E-state index is 13.7. The number of amides is 2. The summed E-state index contributed by atoms with van der Waals surface area (Å²) in [5.41, 5.74) is 3.73. The van der Waals surface area contributed by atoms with E-state index in [1.54, 1.807) is 31.1 Å². The van der Waals surface area contributed by atoms with E-state index in [0.717, 1.165) is 16.8 Å². The molecular formula is C22H28FN3O3. The maximum Gasteiger partial charge on any atom is 0.238 e. The molecule has 2 aromatic rings. The summed E-state index contributed by atoms with van der Waals surface area (Å²) in [4.78, 5) is 26.6. The van der Waals surface area contributed by atoms with Crippen LogP contribution in [0.5, 0.6) is 0 Å². The highest BCUT2D eigenvalue weighted by Crippen LogP contribution is 2.18. The largest absolute Gasteiger partial charge is 0.383 e. The Balaban J connectivity index is 1.98. The number of nitrogens with zero attached hydrogens (tertiary/aromatic N) is 1. The molecule has 0 unspecified atom stereocenters. The number of halogens is 1. The molecule has 2 amide bonds. The number of methoxy groups -OCH3 is 1. The van der Waals surface area contributed by atoms with Crippen LogP contribution in [0.15, 0.2) is 36.4 Å². The van der Waals surface area contributed by atoms with Crippen LogP contribution in [0.25, 0.3) is 0 Å². The number of hydrogen-bond donors (Lipinski definition) is 2. The minimum atomic E-state index is -0.382. The van der Waals surface area contributed by atoms with Crippen LogP contribution in [0.3, 0.4) is 0 Å². The third-order valence-electron chi connectivity index (χ3n) is 4.68. The normalized spacial score (nSPS) is 10.8. The molecule has 2 aromatic carbocycles. The second-order valence-corrected chi connectivity index (χ2v) is 7.01. The summed E-state index contributed by atoms with van der Waals surface area (Å²) in [5.74, 6) is -0.931. The molecule has 7 heteroatoms. The Hall–Kier alpha value is -2.77. The molecule has 2 rings (SSSR count). The van der Waals surface area contributed by atoms with Crippen LogP contribution >= 0.6 is 0 Å². The molecule has 0 aliphatic carbocycles. The van der Waals surface area contributed by atoms with Crippen molar-refractivity contribution >= 4 is 23.2 Å². The van der Waals surface area contributed by atoms with Crippen molar-refractivity contribution in [2.45, 2.75) is 20.8 Å². The molecule has 0 aliphatic heterocycles. The number of nitrogens with one attached hydrogen (secondary N) is 2. The predicted octanol–water partition coefficient (Wildman–Crippen LogP) is 3.28. The monoisotopic (exact) mass is 401 g/mol. The Morgan fingerprint density at radius 2 is 1.69 bits per heavy atom. The van der Waals surface area contributed by atoms with E-state index in [1.165, 1.54) is 6.07 Å². The van der Waals surface area contributed by atoms with Crippen LogP contribution < -0.4 is 10.6 Å². The smallest absolute Gasteiger partial charge is 0.238 e. The first kappa shape index (κ1) is 22.5. The topological polar surface area (TPSA) is 70.7 Å².